The van der Waals surface area contributed by atoms with Gasteiger partial charge in [0.25, 0.3) is 5.91 Å². The van der Waals surface area contributed by atoms with E-state index in [1.54, 1.807) is 6.33 Å². The number of carbonyl (C=O) groups is 2. The summed E-state index contributed by atoms with van der Waals surface area (Å²) in [6.45, 7) is 5.70. The van der Waals surface area contributed by atoms with Crippen LogP contribution in [0, 0.1) is 5.92 Å². The van der Waals surface area contributed by atoms with Crippen LogP contribution in [0.4, 0.5) is 0 Å². The molecule has 4 heterocycles. The van der Waals surface area contributed by atoms with Gasteiger partial charge in [-0.1, -0.05) is 30.3 Å². The van der Waals surface area contributed by atoms with E-state index in [-0.39, 0.29) is 23.8 Å². The summed E-state index contributed by atoms with van der Waals surface area (Å²) in [5.74, 6) is 0.226. The van der Waals surface area contributed by atoms with Crippen LogP contribution in [0.1, 0.15) is 40.7 Å². The first-order valence-electron chi connectivity index (χ1n) is 11.6. The molecule has 1 atom stereocenters. The zero-order valence-corrected chi connectivity index (χ0v) is 18.7. The number of hydrogen-bond donors (Lipinski definition) is 0. The Kier molecular flexibility index (Phi) is 5.97. The average molecular weight is 438 g/mol. The number of nitrogens with zero attached hydrogens (tertiary/aromatic N) is 5. The van der Waals surface area contributed by atoms with Crippen molar-refractivity contribution in [1.82, 2.24) is 24.3 Å². The molecule has 2 aromatic rings. The highest BCUT2D eigenvalue weighted by atomic mass is 16.5. The van der Waals surface area contributed by atoms with Crippen LogP contribution in [0.5, 0.6) is 0 Å². The van der Waals surface area contributed by atoms with E-state index in [9.17, 15) is 9.59 Å². The molecule has 3 aliphatic heterocycles. The summed E-state index contributed by atoms with van der Waals surface area (Å²) in [5.41, 5.74) is 2.46. The maximum atomic E-state index is 13.2. The molecule has 0 aliphatic carbocycles. The van der Waals surface area contributed by atoms with Crippen LogP contribution in [-0.4, -0.2) is 82.4 Å². The van der Waals surface area contributed by atoms with Gasteiger partial charge in [0, 0.05) is 45.2 Å². The van der Waals surface area contributed by atoms with Gasteiger partial charge < -0.3 is 24.0 Å². The van der Waals surface area contributed by atoms with Crippen molar-refractivity contribution in [2.75, 3.05) is 46.3 Å². The Morgan fingerprint density at radius 1 is 0.969 bits per heavy atom. The third-order valence-electron chi connectivity index (χ3n) is 7.05. The lowest BCUT2D eigenvalue weighted by Crippen LogP contribution is -2.51. The first-order valence-corrected chi connectivity index (χ1v) is 11.6. The summed E-state index contributed by atoms with van der Waals surface area (Å²) in [5, 5.41) is 0. The monoisotopic (exact) mass is 437 g/mol. The summed E-state index contributed by atoms with van der Waals surface area (Å²) >= 11 is 0. The van der Waals surface area contributed by atoms with Crippen LogP contribution in [0.3, 0.4) is 0 Å². The molecular weight excluding hydrogens is 406 g/mol. The number of benzene rings is 1. The van der Waals surface area contributed by atoms with E-state index in [1.807, 2.05) is 32.6 Å². The van der Waals surface area contributed by atoms with Crippen molar-refractivity contribution < 1.29 is 14.3 Å². The van der Waals surface area contributed by atoms with Gasteiger partial charge in [-0.15, -0.1) is 0 Å². The number of ether oxygens (including phenoxy) is 1. The number of piperidine rings is 1. The number of amides is 2. The highest BCUT2D eigenvalue weighted by Gasteiger charge is 2.34. The molecule has 8 heteroatoms. The predicted octanol–water partition coefficient (Wildman–Crippen LogP) is 1.78. The van der Waals surface area contributed by atoms with Crippen molar-refractivity contribution in [1.29, 1.82) is 0 Å². The minimum Gasteiger partial charge on any atom is -0.365 e. The van der Waals surface area contributed by atoms with Crippen LogP contribution in [0.15, 0.2) is 36.7 Å². The summed E-state index contributed by atoms with van der Waals surface area (Å²) in [4.78, 5) is 36.6. The zero-order valence-electron chi connectivity index (χ0n) is 18.7. The van der Waals surface area contributed by atoms with Gasteiger partial charge in [0.15, 0.2) is 5.69 Å². The zero-order chi connectivity index (χ0) is 22.1. The number of piperazine rings is 1. The fourth-order valence-electron chi connectivity index (χ4n) is 4.94. The van der Waals surface area contributed by atoms with E-state index in [1.165, 1.54) is 0 Å². The smallest absolute Gasteiger partial charge is 0.274 e. The van der Waals surface area contributed by atoms with Crippen molar-refractivity contribution >= 4 is 11.8 Å². The molecule has 5 rings (SSSR count). The number of fused-ring (bicyclic) bond motifs is 1. The Labute approximate surface area is 188 Å². The third-order valence-corrected chi connectivity index (χ3v) is 7.05. The normalized spacial score (nSPS) is 22.6. The number of hydrogen-bond acceptors (Lipinski definition) is 5. The second-order valence-electron chi connectivity index (χ2n) is 9.10. The molecule has 0 N–H and O–H groups in total. The fourth-order valence-corrected chi connectivity index (χ4v) is 4.94. The highest BCUT2D eigenvalue weighted by molar-refractivity contribution is 5.93. The Balaban J connectivity index is 1.19. The van der Waals surface area contributed by atoms with Crippen molar-refractivity contribution in [3.05, 3.63) is 53.6 Å². The fraction of sp³-hybridized carbons (Fsp3) is 0.542. The molecule has 0 bridgehead atoms. The van der Waals surface area contributed by atoms with Crippen molar-refractivity contribution in [2.24, 2.45) is 5.92 Å². The molecule has 2 amide bonds. The SMILES string of the molecule is CN1CCN(C(=O)C2CCN(C(=O)c3ncn4c3COC(c3ccccc3)C4)CC2)CC1. The van der Waals surface area contributed by atoms with Crippen molar-refractivity contribution in [2.45, 2.75) is 32.1 Å². The quantitative estimate of drug-likeness (QED) is 0.732. The first-order chi connectivity index (χ1) is 15.6. The highest BCUT2D eigenvalue weighted by Crippen LogP contribution is 2.29. The van der Waals surface area contributed by atoms with Gasteiger partial charge in [-0.2, -0.15) is 0 Å². The van der Waals surface area contributed by atoms with E-state index >= 15 is 0 Å². The Bertz CT molecular complexity index is 959. The molecule has 8 nitrogen and oxygen atoms in total. The predicted molar refractivity (Wildman–Crippen MR) is 119 cm³/mol. The topological polar surface area (TPSA) is 70.9 Å². The molecule has 3 aliphatic rings. The molecule has 1 unspecified atom stereocenters. The summed E-state index contributed by atoms with van der Waals surface area (Å²) in [7, 11) is 2.09. The molecule has 0 radical (unpaired) electrons. The number of rotatable bonds is 3. The first kappa shape index (κ1) is 21.2. The second kappa shape index (κ2) is 9.03. The second-order valence-corrected chi connectivity index (χ2v) is 9.10. The Hall–Kier alpha value is -2.71. The maximum absolute atomic E-state index is 13.2. The molecule has 0 spiro atoms. The van der Waals surface area contributed by atoms with Crippen molar-refractivity contribution in [3.63, 3.8) is 0 Å². The molecule has 170 valence electrons. The van der Waals surface area contributed by atoms with E-state index in [0.29, 0.717) is 31.9 Å². The maximum Gasteiger partial charge on any atom is 0.274 e. The van der Waals surface area contributed by atoms with E-state index in [4.69, 9.17) is 4.74 Å². The molecule has 1 aromatic heterocycles. The standard InChI is InChI=1S/C24H31N5O3/c1-26-11-13-28(14-12-26)23(30)19-7-9-27(10-8-19)24(31)22-20-16-32-21(15-29(20)17-25-22)18-5-3-2-4-6-18/h2-6,17,19,21H,7-16H2,1H3. The lowest BCUT2D eigenvalue weighted by atomic mass is 9.94. The van der Waals surface area contributed by atoms with Crippen LogP contribution in [-0.2, 0) is 22.7 Å². The largest absolute Gasteiger partial charge is 0.365 e. The van der Waals surface area contributed by atoms with Crippen LogP contribution < -0.4 is 0 Å². The molecular formula is C24H31N5O3. The van der Waals surface area contributed by atoms with Crippen LogP contribution in [0.25, 0.3) is 0 Å². The molecule has 0 saturated carbocycles. The lowest BCUT2D eigenvalue weighted by molar-refractivity contribution is -0.138. The number of likely N-dealkylation sites (tertiary alicyclic amines) is 1. The number of aromatic nitrogens is 2. The van der Waals surface area contributed by atoms with Gasteiger partial charge in [0.1, 0.15) is 6.10 Å². The summed E-state index contributed by atoms with van der Waals surface area (Å²) in [6.07, 6.45) is 3.17. The number of likely N-dealkylation sites (N-methyl/N-ethyl adjacent to an activating group) is 1. The van der Waals surface area contributed by atoms with E-state index in [2.05, 4.69) is 29.1 Å². The van der Waals surface area contributed by atoms with Gasteiger partial charge in [-0.25, -0.2) is 4.98 Å². The Morgan fingerprint density at radius 2 is 1.69 bits per heavy atom. The minimum atomic E-state index is -0.0500. The number of imidazole rings is 1. The van der Waals surface area contributed by atoms with Gasteiger partial charge in [0.05, 0.1) is 25.2 Å². The van der Waals surface area contributed by atoms with E-state index in [0.717, 1.165) is 50.3 Å². The average Bonchev–Trinajstić information content (AvgIpc) is 3.27. The molecule has 32 heavy (non-hydrogen) atoms. The van der Waals surface area contributed by atoms with Crippen LogP contribution >= 0.6 is 0 Å². The lowest BCUT2D eigenvalue weighted by Gasteiger charge is -2.37. The summed E-state index contributed by atoms with van der Waals surface area (Å²) in [6, 6.07) is 10.1. The molecule has 2 fully saturated rings. The molecule has 1 aromatic carbocycles. The number of carbonyl (C=O) groups excluding carboxylic acids is 2. The Morgan fingerprint density at radius 3 is 2.41 bits per heavy atom. The molecule has 2 saturated heterocycles. The van der Waals surface area contributed by atoms with Gasteiger partial charge in [-0.3, -0.25) is 9.59 Å². The van der Waals surface area contributed by atoms with Gasteiger partial charge >= 0.3 is 0 Å². The van der Waals surface area contributed by atoms with Gasteiger partial charge in [0.2, 0.25) is 5.91 Å². The summed E-state index contributed by atoms with van der Waals surface area (Å²) < 4.78 is 8.10. The van der Waals surface area contributed by atoms with Crippen LogP contribution in [0.2, 0.25) is 0 Å². The van der Waals surface area contributed by atoms with E-state index < -0.39 is 0 Å². The van der Waals surface area contributed by atoms with Crippen molar-refractivity contribution in [3.8, 4) is 0 Å². The third kappa shape index (κ3) is 4.17. The minimum absolute atomic E-state index is 0.0216. The van der Waals surface area contributed by atoms with Gasteiger partial charge in [-0.05, 0) is 25.5 Å².